The van der Waals surface area contributed by atoms with Crippen molar-refractivity contribution in [1.29, 1.82) is 0 Å². The molecule has 0 saturated heterocycles. The van der Waals surface area contributed by atoms with Gasteiger partial charge in [0.2, 0.25) is 0 Å². The third kappa shape index (κ3) is 6.05. The van der Waals surface area contributed by atoms with Crippen molar-refractivity contribution in [2.24, 2.45) is 0 Å². The molecule has 4 heteroatoms. The lowest BCUT2D eigenvalue weighted by molar-refractivity contribution is 0.183. The van der Waals surface area contributed by atoms with E-state index in [1.54, 1.807) is 18.2 Å². The van der Waals surface area contributed by atoms with Crippen LogP contribution in [0.4, 0.5) is 4.39 Å². The Morgan fingerprint density at radius 3 is 2.59 bits per heavy atom. The summed E-state index contributed by atoms with van der Waals surface area (Å²) in [5.74, 6) is 0.262. The van der Waals surface area contributed by atoms with E-state index in [1.165, 1.54) is 17.8 Å². The van der Waals surface area contributed by atoms with Gasteiger partial charge < -0.3 is 10.4 Å². The average molecular weight is 257 g/mol. The summed E-state index contributed by atoms with van der Waals surface area (Å²) in [6.45, 7) is 6.65. The summed E-state index contributed by atoms with van der Waals surface area (Å²) >= 11 is 1.34. The molecular formula is C13H20FNOS. The van der Waals surface area contributed by atoms with E-state index in [1.807, 2.05) is 20.8 Å². The highest BCUT2D eigenvalue weighted by molar-refractivity contribution is 7.99. The van der Waals surface area contributed by atoms with Gasteiger partial charge in [-0.3, -0.25) is 0 Å². The summed E-state index contributed by atoms with van der Waals surface area (Å²) in [7, 11) is 0. The molecule has 2 N–H and O–H groups in total. The number of thioether (sulfide) groups is 1. The van der Waals surface area contributed by atoms with Gasteiger partial charge in [-0.1, -0.05) is 12.1 Å². The predicted octanol–water partition coefficient (Wildman–Crippen LogP) is 2.67. The van der Waals surface area contributed by atoms with Gasteiger partial charge in [0.15, 0.2) is 0 Å². The van der Waals surface area contributed by atoms with Gasteiger partial charge in [0.1, 0.15) is 5.82 Å². The molecule has 0 heterocycles. The molecule has 0 aliphatic carbocycles. The van der Waals surface area contributed by atoms with Crippen LogP contribution >= 0.6 is 11.8 Å². The van der Waals surface area contributed by atoms with Crippen LogP contribution in [0, 0.1) is 5.82 Å². The summed E-state index contributed by atoms with van der Waals surface area (Å²) in [6, 6.07) is 6.62. The summed E-state index contributed by atoms with van der Waals surface area (Å²) < 4.78 is 13.3. The molecule has 0 spiro atoms. The van der Waals surface area contributed by atoms with Crippen molar-refractivity contribution in [3.8, 4) is 0 Å². The van der Waals surface area contributed by atoms with Crippen LogP contribution in [-0.2, 0) is 0 Å². The SMILES string of the molecule is CC(C)(C)NCC(O)CSc1ccccc1F. The molecule has 17 heavy (non-hydrogen) atoms. The molecule has 1 unspecified atom stereocenters. The Labute approximate surface area is 107 Å². The second kappa shape index (κ2) is 6.38. The number of rotatable bonds is 5. The monoisotopic (exact) mass is 257 g/mol. The quantitative estimate of drug-likeness (QED) is 0.795. The van der Waals surface area contributed by atoms with Gasteiger partial charge in [-0.2, -0.15) is 0 Å². The smallest absolute Gasteiger partial charge is 0.136 e. The fourth-order valence-electron chi connectivity index (χ4n) is 1.23. The molecule has 0 saturated carbocycles. The highest BCUT2D eigenvalue weighted by atomic mass is 32.2. The zero-order valence-electron chi connectivity index (χ0n) is 10.5. The molecule has 0 radical (unpaired) electrons. The second-order valence-corrected chi connectivity index (χ2v) is 6.09. The summed E-state index contributed by atoms with van der Waals surface area (Å²) in [6.07, 6.45) is -0.473. The Bertz CT molecular complexity index is 352. The fourth-order valence-corrected chi connectivity index (χ4v) is 2.10. The highest BCUT2D eigenvalue weighted by Crippen LogP contribution is 2.21. The van der Waals surface area contributed by atoms with Crippen LogP contribution in [-0.4, -0.2) is 29.0 Å². The first-order valence-electron chi connectivity index (χ1n) is 5.69. The Balaban J connectivity index is 2.34. The minimum absolute atomic E-state index is 0.0103. The molecule has 0 aliphatic heterocycles. The van der Waals surface area contributed by atoms with Crippen LogP contribution < -0.4 is 5.32 Å². The number of β-amino-alcohol motifs (C(OH)–C–C–N with tert-alkyl or cyclic N) is 1. The first-order chi connectivity index (χ1) is 7.88. The predicted molar refractivity (Wildman–Crippen MR) is 70.9 cm³/mol. The first kappa shape index (κ1) is 14.5. The lowest BCUT2D eigenvalue weighted by Crippen LogP contribution is -2.41. The van der Waals surface area contributed by atoms with Crippen LogP contribution in [0.2, 0.25) is 0 Å². The molecule has 1 aromatic carbocycles. The van der Waals surface area contributed by atoms with E-state index in [9.17, 15) is 9.50 Å². The molecular weight excluding hydrogens is 237 g/mol. The van der Waals surface area contributed by atoms with Gasteiger partial charge in [0.05, 0.1) is 6.10 Å². The van der Waals surface area contributed by atoms with Crippen molar-refractivity contribution in [2.75, 3.05) is 12.3 Å². The number of nitrogens with one attached hydrogen (secondary N) is 1. The van der Waals surface area contributed by atoms with Crippen LogP contribution in [0.5, 0.6) is 0 Å². The summed E-state index contributed by atoms with van der Waals surface area (Å²) in [4.78, 5) is 0.585. The lowest BCUT2D eigenvalue weighted by Gasteiger charge is -2.22. The van der Waals surface area contributed by atoms with Crippen LogP contribution in [0.25, 0.3) is 0 Å². The van der Waals surface area contributed by atoms with Crippen LogP contribution in [0.15, 0.2) is 29.2 Å². The first-order valence-corrected chi connectivity index (χ1v) is 6.67. The van der Waals surface area contributed by atoms with E-state index < -0.39 is 6.10 Å². The second-order valence-electron chi connectivity index (χ2n) is 5.03. The zero-order chi connectivity index (χ0) is 12.9. The van der Waals surface area contributed by atoms with Crippen molar-refractivity contribution >= 4 is 11.8 Å². The lowest BCUT2D eigenvalue weighted by atomic mass is 10.1. The standard InChI is InChI=1S/C13H20FNOS/c1-13(2,3)15-8-10(16)9-17-12-7-5-4-6-11(12)14/h4-7,10,15-16H,8-9H2,1-3H3. The maximum atomic E-state index is 13.3. The zero-order valence-corrected chi connectivity index (χ0v) is 11.4. The topological polar surface area (TPSA) is 32.3 Å². The molecule has 1 atom stereocenters. The van der Waals surface area contributed by atoms with Gasteiger partial charge in [0.25, 0.3) is 0 Å². The molecule has 0 aliphatic rings. The van der Waals surface area contributed by atoms with E-state index in [0.717, 1.165) is 0 Å². The third-order valence-electron chi connectivity index (χ3n) is 2.14. The minimum atomic E-state index is -0.473. The Kier molecular flexibility index (Phi) is 5.43. The van der Waals surface area contributed by atoms with Crippen LogP contribution in [0.3, 0.4) is 0 Å². The van der Waals surface area contributed by atoms with Gasteiger partial charge in [-0.05, 0) is 32.9 Å². The van der Waals surface area contributed by atoms with E-state index in [2.05, 4.69) is 5.32 Å². The van der Waals surface area contributed by atoms with Crippen molar-refractivity contribution in [2.45, 2.75) is 37.3 Å². The Morgan fingerprint density at radius 1 is 1.35 bits per heavy atom. The average Bonchev–Trinajstić information content (AvgIpc) is 2.24. The number of aliphatic hydroxyl groups is 1. The third-order valence-corrected chi connectivity index (χ3v) is 3.33. The number of halogens is 1. The summed E-state index contributed by atoms with van der Waals surface area (Å²) in [5.41, 5.74) is -0.0103. The van der Waals surface area contributed by atoms with Gasteiger partial charge in [-0.15, -0.1) is 11.8 Å². The maximum absolute atomic E-state index is 13.3. The number of aliphatic hydroxyl groups excluding tert-OH is 1. The largest absolute Gasteiger partial charge is 0.391 e. The molecule has 1 aromatic rings. The molecule has 0 amide bonds. The molecule has 1 rings (SSSR count). The normalized spacial score (nSPS) is 13.7. The number of benzene rings is 1. The van der Waals surface area contributed by atoms with Crippen molar-refractivity contribution in [3.05, 3.63) is 30.1 Å². The molecule has 0 aromatic heterocycles. The van der Waals surface area contributed by atoms with E-state index in [0.29, 0.717) is 17.2 Å². The van der Waals surface area contributed by atoms with Crippen molar-refractivity contribution < 1.29 is 9.50 Å². The Hall–Kier alpha value is -0.580. The summed E-state index contributed by atoms with van der Waals surface area (Å²) in [5, 5.41) is 13.0. The minimum Gasteiger partial charge on any atom is -0.391 e. The van der Waals surface area contributed by atoms with E-state index in [4.69, 9.17) is 0 Å². The highest BCUT2D eigenvalue weighted by Gasteiger charge is 2.12. The van der Waals surface area contributed by atoms with E-state index >= 15 is 0 Å². The number of hydrogen-bond acceptors (Lipinski definition) is 3. The van der Waals surface area contributed by atoms with Gasteiger partial charge in [0, 0.05) is 22.7 Å². The van der Waals surface area contributed by atoms with Gasteiger partial charge in [-0.25, -0.2) is 4.39 Å². The maximum Gasteiger partial charge on any atom is 0.136 e. The fraction of sp³-hybridized carbons (Fsp3) is 0.538. The molecule has 2 nitrogen and oxygen atoms in total. The molecule has 96 valence electrons. The van der Waals surface area contributed by atoms with Gasteiger partial charge >= 0.3 is 0 Å². The Morgan fingerprint density at radius 2 is 2.00 bits per heavy atom. The molecule has 0 fully saturated rings. The number of hydrogen-bond donors (Lipinski definition) is 2. The van der Waals surface area contributed by atoms with E-state index in [-0.39, 0.29) is 11.4 Å². The van der Waals surface area contributed by atoms with Crippen LogP contribution in [0.1, 0.15) is 20.8 Å². The molecule has 0 bridgehead atoms. The van der Waals surface area contributed by atoms with Crippen molar-refractivity contribution in [3.63, 3.8) is 0 Å². The van der Waals surface area contributed by atoms with Crippen molar-refractivity contribution in [1.82, 2.24) is 5.32 Å².